The van der Waals surface area contributed by atoms with Gasteiger partial charge >= 0.3 is 5.97 Å². The van der Waals surface area contributed by atoms with Gasteiger partial charge in [0.1, 0.15) is 10.2 Å². The molecule has 0 aliphatic carbocycles. The van der Waals surface area contributed by atoms with Crippen LogP contribution in [0, 0.1) is 5.82 Å². The zero-order chi connectivity index (χ0) is 11.6. The Morgan fingerprint density at radius 2 is 2.25 bits per heavy atom. The Morgan fingerprint density at radius 1 is 1.69 bits per heavy atom. The monoisotopic (exact) mass is 332 g/mol. The molecule has 2 N–H and O–H groups in total. The van der Waals surface area contributed by atoms with Gasteiger partial charge in [0.15, 0.2) is 11.0 Å². The van der Waals surface area contributed by atoms with Crippen molar-refractivity contribution < 1.29 is 13.9 Å². The Labute approximate surface area is 111 Å². The summed E-state index contributed by atoms with van der Waals surface area (Å²) in [5, 5.41) is -0.396. The molecule has 0 saturated heterocycles. The first-order valence-electron chi connectivity index (χ1n) is 3.96. The molecule has 0 amide bonds. The van der Waals surface area contributed by atoms with Gasteiger partial charge in [-0.15, -0.1) is 12.4 Å². The van der Waals surface area contributed by atoms with Gasteiger partial charge in [0.25, 0.3) is 0 Å². The van der Waals surface area contributed by atoms with Crippen LogP contribution in [0.5, 0.6) is 0 Å². The molecule has 1 heterocycles. The summed E-state index contributed by atoms with van der Waals surface area (Å²) in [6, 6.07) is 0. The lowest BCUT2D eigenvalue weighted by atomic mass is 10.2. The van der Waals surface area contributed by atoms with Crippen molar-refractivity contribution >= 4 is 51.6 Å². The van der Waals surface area contributed by atoms with Crippen molar-refractivity contribution in [1.29, 1.82) is 0 Å². The SMILES string of the molecule is CCOC(=O)c1c(Br)nc(Cl)c(F)c1N.Cl. The molecule has 8 heteroatoms. The lowest BCUT2D eigenvalue weighted by Gasteiger charge is -2.08. The normalized spacial score (nSPS) is 9.50. The molecule has 1 aromatic heterocycles. The maximum absolute atomic E-state index is 13.2. The summed E-state index contributed by atoms with van der Waals surface area (Å²) in [4.78, 5) is 14.9. The molecule has 0 spiro atoms. The summed E-state index contributed by atoms with van der Waals surface area (Å²) >= 11 is 8.38. The van der Waals surface area contributed by atoms with E-state index in [4.69, 9.17) is 17.3 Å². The first kappa shape index (κ1) is 15.4. The number of hydrogen-bond donors (Lipinski definition) is 1. The van der Waals surface area contributed by atoms with Crippen LogP contribution in [0.25, 0.3) is 0 Å². The van der Waals surface area contributed by atoms with Crippen molar-refractivity contribution in [2.24, 2.45) is 0 Å². The molecule has 1 rings (SSSR count). The van der Waals surface area contributed by atoms with E-state index < -0.39 is 16.9 Å². The molecular weight excluding hydrogens is 326 g/mol. The Balaban J connectivity index is 0.00000225. The van der Waals surface area contributed by atoms with E-state index in [9.17, 15) is 9.18 Å². The molecule has 1 aromatic rings. The smallest absolute Gasteiger partial charge is 0.343 e. The molecule has 16 heavy (non-hydrogen) atoms. The highest BCUT2D eigenvalue weighted by Crippen LogP contribution is 2.28. The van der Waals surface area contributed by atoms with Gasteiger partial charge < -0.3 is 10.5 Å². The van der Waals surface area contributed by atoms with Crippen LogP contribution >= 0.6 is 39.9 Å². The van der Waals surface area contributed by atoms with E-state index in [0.29, 0.717) is 0 Å². The highest BCUT2D eigenvalue weighted by molar-refractivity contribution is 9.10. The average molecular weight is 334 g/mol. The topological polar surface area (TPSA) is 65.2 Å². The largest absolute Gasteiger partial charge is 0.462 e. The number of carbonyl (C=O) groups is 1. The summed E-state index contributed by atoms with van der Waals surface area (Å²) in [6.45, 7) is 1.79. The molecule has 0 unspecified atom stereocenters. The van der Waals surface area contributed by atoms with Gasteiger partial charge in [-0.05, 0) is 22.9 Å². The van der Waals surface area contributed by atoms with E-state index in [2.05, 4.69) is 25.7 Å². The Kier molecular flexibility index (Phi) is 5.99. The second-order valence-corrected chi connectivity index (χ2v) is 3.63. The molecule has 0 fully saturated rings. The fourth-order valence-electron chi connectivity index (χ4n) is 0.921. The summed E-state index contributed by atoms with van der Waals surface area (Å²) in [5.74, 6) is -1.67. The number of hydrogen-bond acceptors (Lipinski definition) is 4. The minimum atomic E-state index is -0.928. The Hall–Kier alpha value is -0.590. The quantitative estimate of drug-likeness (QED) is 0.667. The number of aromatic nitrogens is 1. The minimum absolute atomic E-state index is 0. The van der Waals surface area contributed by atoms with Crippen molar-refractivity contribution in [1.82, 2.24) is 4.98 Å². The summed E-state index contributed by atoms with van der Waals surface area (Å²) in [7, 11) is 0. The lowest BCUT2D eigenvalue weighted by molar-refractivity contribution is 0.0525. The number of halogens is 4. The molecule has 0 radical (unpaired) electrons. The van der Waals surface area contributed by atoms with Crippen molar-refractivity contribution in [3.8, 4) is 0 Å². The predicted molar refractivity (Wildman–Crippen MR) is 64.5 cm³/mol. The van der Waals surface area contributed by atoms with Gasteiger partial charge in [-0.1, -0.05) is 11.6 Å². The van der Waals surface area contributed by atoms with Crippen molar-refractivity contribution in [2.75, 3.05) is 12.3 Å². The molecular formula is C8H8BrCl2FN2O2. The number of nitrogens with two attached hydrogens (primary N) is 1. The van der Waals surface area contributed by atoms with Crippen LogP contribution in [-0.4, -0.2) is 17.6 Å². The molecule has 4 nitrogen and oxygen atoms in total. The van der Waals surface area contributed by atoms with Gasteiger partial charge in [0.05, 0.1) is 12.3 Å². The van der Waals surface area contributed by atoms with Gasteiger partial charge in [-0.25, -0.2) is 14.2 Å². The number of nitrogens with zero attached hydrogens (tertiary/aromatic N) is 1. The van der Waals surface area contributed by atoms with E-state index in [1.54, 1.807) is 6.92 Å². The van der Waals surface area contributed by atoms with Gasteiger partial charge in [0.2, 0.25) is 0 Å². The Morgan fingerprint density at radius 3 is 2.75 bits per heavy atom. The number of nitrogen functional groups attached to an aromatic ring is 1. The van der Waals surface area contributed by atoms with Crippen LogP contribution in [0.3, 0.4) is 0 Å². The first-order chi connectivity index (χ1) is 6.99. The van der Waals surface area contributed by atoms with E-state index in [0.717, 1.165) is 0 Å². The number of rotatable bonds is 2. The average Bonchev–Trinajstić information content (AvgIpc) is 2.15. The third kappa shape index (κ3) is 2.96. The van der Waals surface area contributed by atoms with E-state index in [1.807, 2.05) is 0 Å². The fourth-order valence-corrected chi connectivity index (χ4v) is 1.76. The second kappa shape index (κ2) is 6.22. The Bertz CT molecular complexity index is 418. The van der Waals surface area contributed by atoms with E-state index in [-0.39, 0.29) is 34.9 Å². The molecule has 90 valence electrons. The highest BCUT2D eigenvalue weighted by atomic mass is 79.9. The van der Waals surface area contributed by atoms with Crippen LogP contribution in [0.2, 0.25) is 5.15 Å². The number of anilines is 1. The molecule has 0 aliphatic heterocycles. The molecule has 0 atom stereocenters. The molecule has 0 bridgehead atoms. The third-order valence-corrected chi connectivity index (χ3v) is 2.39. The van der Waals surface area contributed by atoms with Crippen molar-refractivity contribution in [3.05, 3.63) is 21.1 Å². The number of pyridine rings is 1. The van der Waals surface area contributed by atoms with Crippen LogP contribution in [0.4, 0.5) is 10.1 Å². The zero-order valence-electron chi connectivity index (χ0n) is 8.09. The lowest BCUT2D eigenvalue weighted by Crippen LogP contribution is -2.12. The van der Waals surface area contributed by atoms with Gasteiger partial charge in [-0.3, -0.25) is 0 Å². The van der Waals surface area contributed by atoms with Gasteiger partial charge in [-0.2, -0.15) is 0 Å². The number of carbonyl (C=O) groups excluding carboxylic acids is 1. The molecule has 0 saturated carbocycles. The maximum atomic E-state index is 13.2. The van der Waals surface area contributed by atoms with Crippen LogP contribution in [0.1, 0.15) is 17.3 Å². The van der Waals surface area contributed by atoms with E-state index in [1.165, 1.54) is 0 Å². The van der Waals surface area contributed by atoms with Gasteiger partial charge in [0, 0.05) is 0 Å². The van der Waals surface area contributed by atoms with Crippen LogP contribution in [-0.2, 0) is 4.74 Å². The maximum Gasteiger partial charge on any atom is 0.343 e. The fraction of sp³-hybridized carbons (Fsp3) is 0.250. The predicted octanol–water partition coefficient (Wildman–Crippen LogP) is 2.82. The standard InChI is InChI=1S/C8H7BrClFN2O2.ClH/c1-2-15-8(14)3-5(12)4(11)7(10)13-6(3)9;/h2H2,1H3,(H2,12,13);1H. The summed E-state index contributed by atoms with van der Waals surface area (Å²) in [5.41, 5.74) is 4.86. The van der Waals surface area contributed by atoms with Crippen molar-refractivity contribution in [3.63, 3.8) is 0 Å². The highest BCUT2D eigenvalue weighted by Gasteiger charge is 2.22. The molecule has 0 aromatic carbocycles. The number of ether oxygens (including phenoxy) is 1. The minimum Gasteiger partial charge on any atom is -0.462 e. The van der Waals surface area contributed by atoms with E-state index >= 15 is 0 Å². The van der Waals surface area contributed by atoms with Crippen LogP contribution < -0.4 is 5.73 Å². The molecule has 0 aliphatic rings. The summed E-state index contributed by atoms with van der Waals surface area (Å²) in [6.07, 6.45) is 0. The van der Waals surface area contributed by atoms with Crippen molar-refractivity contribution in [2.45, 2.75) is 6.92 Å². The second-order valence-electron chi connectivity index (χ2n) is 2.52. The third-order valence-electron chi connectivity index (χ3n) is 1.57. The van der Waals surface area contributed by atoms with Crippen LogP contribution in [0.15, 0.2) is 4.60 Å². The summed E-state index contributed by atoms with van der Waals surface area (Å²) < 4.78 is 18.0. The first-order valence-corrected chi connectivity index (χ1v) is 5.13. The number of esters is 1. The zero-order valence-corrected chi connectivity index (χ0v) is 11.2.